The van der Waals surface area contributed by atoms with Crippen molar-refractivity contribution < 1.29 is 9.90 Å². The van der Waals surface area contributed by atoms with Gasteiger partial charge in [-0.1, -0.05) is 40.5 Å². The summed E-state index contributed by atoms with van der Waals surface area (Å²) in [6, 6.07) is 0.280. The summed E-state index contributed by atoms with van der Waals surface area (Å²) in [6.07, 6.45) is 9.34. The lowest BCUT2D eigenvalue weighted by Crippen LogP contribution is -2.61. The van der Waals surface area contributed by atoms with Gasteiger partial charge in [-0.25, -0.2) is 0 Å². The third kappa shape index (κ3) is 2.78. The van der Waals surface area contributed by atoms with Gasteiger partial charge < -0.3 is 10.8 Å². The third-order valence-corrected chi connectivity index (χ3v) is 10.1. The molecule has 0 aliphatic heterocycles. The number of rotatable bonds is 3. The molecule has 3 nitrogen and oxygen atoms in total. The van der Waals surface area contributed by atoms with Crippen LogP contribution in [0.3, 0.4) is 0 Å². The van der Waals surface area contributed by atoms with Crippen LogP contribution in [0.5, 0.6) is 0 Å². The molecule has 0 spiro atoms. The number of carbonyl (C=O) groups is 1. The van der Waals surface area contributed by atoms with Crippen molar-refractivity contribution >= 4 is 5.78 Å². The van der Waals surface area contributed by atoms with Gasteiger partial charge in [-0.3, -0.25) is 4.79 Å². The van der Waals surface area contributed by atoms with E-state index in [2.05, 4.69) is 27.7 Å². The lowest BCUT2D eigenvalue weighted by Gasteiger charge is -2.61. The molecule has 0 aromatic rings. The van der Waals surface area contributed by atoms with E-state index in [0.717, 1.165) is 32.1 Å². The van der Waals surface area contributed by atoms with E-state index in [1.165, 1.54) is 19.3 Å². The molecule has 0 aromatic heterocycles. The summed E-state index contributed by atoms with van der Waals surface area (Å²) in [4.78, 5) is 13.7. The van der Waals surface area contributed by atoms with Crippen molar-refractivity contribution in [3.05, 3.63) is 0 Å². The molecule has 4 aliphatic rings. The van der Waals surface area contributed by atoms with Crippen molar-refractivity contribution in [2.75, 3.05) is 0 Å². The monoisotopic (exact) mass is 375 g/mol. The SMILES string of the molecule is CCC[C@@H](C)[C@H]1CC[C@H]2[C@@H]3[C@H](O)C[C@@H]4C[C@@H](N)CC[C@]4(C)[C@H]3CC(=O)[C@]12C. The second-order valence-electron chi connectivity index (χ2n) is 11.2. The van der Waals surface area contributed by atoms with Gasteiger partial charge in [0.1, 0.15) is 5.78 Å². The number of ketones is 1. The van der Waals surface area contributed by atoms with Crippen molar-refractivity contribution in [2.45, 2.75) is 97.6 Å². The molecule has 0 amide bonds. The normalized spacial score (nSPS) is 53.4. The average molecular weight is 376 g/mol. The first-order valence-electron chi connectivity index (χ1n) is 11.7. The van der Waals surface area contributed by atoms with Gasteiger partial charge in [0, 0.05) is 17.9 Å². The maximum Gasteiger partial charge on any atom is 0.139 e. The number of hydrogen-bond donors (Lipinski definition) is 2. The number of hydrogen-bond acceptors (Lipinski definition) is 3. The van der Waals surface area contributed by atoms with Gasteiger partial charge in [0.2, 0.25) is 0 Å². The van der Waals surface area contributed by atoms with Gasteiger partial charge in [-0.15, -0.1) is 0 Å². The van der Waals surface area contributed by atoms with Crippen LogP contribution in [0.4, 0.5) is 0 Å². The average Bonchev–Trinajstić information content (AvgIpc) is 2.96. The van der Waals surface area contributed by atoms with Crippen LogP contribution in [0, 0.1) is 46.3 Å². The van der Waals surface area contributed by atoms with E-state index in [4.69, 9.17) is 5.73 Å². The van der Waals surface area contributed by atoms with E-state index in [1.54, 1.807) is 0 Å². The molecule has 4 rings (SSSR count). The van der Waals surface area contributed by atoms with Crippen LogP contribution < -0.4 is 5.73 Å². The largest absolute Gasteiger partial charge is 0.393 e. The Balaban J connectivity index is 1.67. The van der Waals surface area contributed by atoms with Crippen molar-refractivity contribution in [1.29, 1.82) is 0 Å². The summed E-state index contributed by atoms with van der Waals surface area (Å²) in [6.45, 7) is 9.31. The number of Topliss-reactive ketones (excluding diaryl/α,β-unsaturated/α-hetero) is 1. The molecule has 0 bridgehead atoms. The third-order valence-electron chi connectivity index (χ3n) is 10.1. The zero-order valence-corrected chi connectivity index (χ0v) is 17.9. The van der Waals surface area contributed by atoms with Gasteiger partial charge in [0.15, 0.2) is 0 Å². The van der Waals surface area contributed by atoms with Crippen LogP contribution in [0.15, 0.2) is 0 Å². The molecule has 0 heterocycles. The van der Waals surface area contributed by atoms with E-state index >= 15 is 0 Å². The lowest BCUT2D eigenvalue weighted by molar-refractivity contribution is -0.177. The lowest BCUT2D eigenvalue weighted by atomic mass is 9.43. The summed E-state index contributed by atoms with van der Waals surface area (Å²) in [5, 5.41) is 11.3. The van der Waals surface area contributed by atoms with E-state index in [1.807, 2.05) is 0 Å². The van der Waals surface area contributed by atoms with Crippen LogP contribution >= 0.6 is 0 Å². The zero-order valence-electron chi connectivity index (χ0n) is 17.9. The minimum absolute atomic E-state index is 0.198. The maximum absolute atomic E-state index is 13.7. The molecule has 4 fully saturated rings. The Morgan fingerprint density at radius 3 is 2.63 bits per heavy atom. The first-order chi connectivity index (χ1) is 12.7. The fourth-order valence-electron chi connectivity index (χ4n) is 8.57. The molecular formula is C24H41NO2. The molecule has 3 N–H and O–H groups in total. The van der Waals surface area contributed by atoms with Crippen molar-refractivity contribution in [3.63, 3.8) is 0 Å². The molecule has 154 valence electrons. The van der Waals surface area contributed by atoms with E-state index < -0.39 is 0 Å². The van der Waals surface area contributed by atoms with Crippen molar-refractivity contribution in [2.24, 2.45) is 52.1 Å². The molecule has 0 aromatic carbocycles. The van der Waals surface area contributed by atoms with E-state index in [-0.39, 0.29) is 23.0 Å². The Morgan fingerprint density at radius 2 is 1.93 bits per heavy atom. The number of nitrogens with two attached hydrogens (primary N) is 1. The Hall–Kier alpha value is -0.410. The Bertz CT molecular complexity index is 591. The zero-order chi connectivity index (χ0) is 19.6. The number of aliphatic hydroxyl groups is 1. The first kappa shape index (κ1) is 19.9. The number of aliphatic hydroxyl groups excluding tert-OH is 1. The fourth-order valence-corrected chi connectivity index (χ4v) is 8.57. The maximum atomic E-state index is 13.7. The van der Waals surface area contributed by atoms with E-state index in [0.29, 0.717) is 47.7 Å². The van der Waals surface area contributed by atoms with Crippen LogP contribution in [0.25, 0.3) is 0 Å². The van der Waals surface area contributed by atoms with Gasteiger partial charge >= 0.3 is 0 Å². The van der Waals surface area contributed by atoms with E-state index in [9.17, 15) is 9.90 Å². The predicted octanol–water partition coefficient (Wildman–Crippen LogP) is 4.56. The topological polar surface area (TPSA) is 63.3 Å². The Kier molecular flexibility index (Phi) is 5.03. The van der Waals surface area contributed by atoms with Crippen LogP contribution in [-0.4, -0.2) is 23.0 Å². The highest BCUT2D eigenvalue weighted by Crippen LogP contribution is 2.67. The summed E-state index contributed by atoms with van der Waals surface area (Å²) < 4.78 is 0. The minimum Gasteiger partial charge on any atom is -0.393 e. The fraction of sp³-hybridized carbons (Fsp3) is 0.958. The smallest absolute Gasteiger partial charge is 0.139 e. The first-order valence-corrected chi connectivity index (χ1v) is 11.7. The highest BCUT2D eigenvalue weighted by molar-refractivity contribution is 5.87. The molecular weight excluding hydrogens is 334 g/mol. The number of carbonyl (C=O) groups excluding carboxylic acids is 1. The van der Waals surface area contributed by atoms with Gasteiger partial charge in [0.05, 0.1) is 6.10 Å². The molecule has 0 radical (unpaired) electrons. The molecule has 4 saturated carbocycles. The van der Waals surface area contributed by atoms with Crippen LogP contribution in [0.2, 0.25) is 0 Å². The number of fused-ring (bicyclic) bond motifs is 5. The highest BCUT2D eigenvalue weighted by Gasteiger charge is 2.65. The van der Waals surface area contributed by atoms with Crippen LogP contribution in [0.1, 0.15) is 85.5 Å². The quantitative estimate of drug-likeness (QED) is 0.760. The second kappa shape index (κ2) is 6.83. The molecule has 27 heavy (non-hydrogen) atoms. The summed E-state index contributed by atoms with van der Waals surface area (Å²) in [7, 11) is 0. The van der Waals surface area contributed by atoms with Crippen LogP contribution in [-0.2, 0) is 4.79 Å². The standard InChI is InChI=1S/C24H41NO2/c1-5-6-14(2)17-7-8-18-22-19(13-21(27)24(17,18)4)23(3)10-9-16(25)11-15(23)12-20(22)26/h14-20,22,26H,5-13,25H2,1-4H3/t14-,15+,16+,17-,18+,19+,20-,22+,23+,24-/m1/s1. The van der Waals surface area contributed by atoms with Gasteiger partial charge in [-0.05, 0) is 79.4 Å². The highest BCUT2D eigenvalue weighted by atomic mass is 16.3. The molecule has 0 saturated heterocycles. The van der Waals surface area contributed by atoms with Crippen molar-refractivity contribution in [1.82, 2.24) is 0 Å². The minimum atomic E-state index is -0.240. The summed E-state index contributed by atoms with van der Waals surface area (Å²) in [5.74, 6) is 3.20. The van der Waals surface area contributed by atoms with Gasteiger partial charge in [-0.2, -0.15) is 0 Å². The van der Waals surface area contributed by atoms with Gasteiger partial charge in [0.25, 0.3) is 0 Å². The predicted molar refractivity (Wildman–Crippen MR) is 109 cm³/mol. The molecule has 3 heteroatoms. The van der Waals surface area contributed by atoms with Crippen molar-refractivity contribution in [3.8, 4) is 0 Å². The Labute approximate surface area is 165 Å². The summed E-state index contributed by atoms with van der Waals surface area (Å²) >= 11 is 0. The molecule has 10 atom stereocenters. The molecule has 0 unspecified atom stereocenters. The summed E-state index contributed by atoms with van der Waals surface area (Å²) in [5.41, 5.74) is 6.27. The molecule has 4 aliphatic carbocycles. The Morgan fingerprint density at radius 1 is 1.19 bits per heavy atom. The second-order valence-corrected chi connectivity index (χ2v) is 11.2.